The average molecular weight is 550 g/mol. The van der Waals surface area contributed by atoms with Gasteiger partial charge in [-0.3, -0.25) is 13.9 Å². The minimum Gasteiger partial charge on any atom is -0.352 e. The minimum absolute atomic E-state index is 0.0888. The van der Waals surface area contributed by atoms with Gasteiger partial charge in [0.1, 0.15) is 12.6 Å². The molecule has 0 aliphatic heterocycles. The van der Waals surface area contributed by atoms with Crippen LogP contribution in [0.15, 0.2) is 77.7 Å². The summed E-state index contributed by atoms with van der Waals surface area (Å²) in [5, 5.41) is 2.92. The lowest BCUT2D eigenvalue weighted by molar-refractivity contribution is -0.140. The van der Waals surface area contributed by atoms with E-state index in [-0.39, 0.29) is 23.4 Å². The molecule has 0 aliphatic carbocycles. The molecule has 0 unspecified atom stereocenters. The van der Waals surface area contributed by atoms with Crippen molar-refractivity contribution in [3.8, 4) is 0 Å². The summed E-state index contributed by atoms with van der Waals surface area (Å²) in [6.07, 6.45) is 0.380. The highest BCUT2D eigenvalue weighted by atomic mass is 32.2. The van der Waals surface area contributed by atoms with Crippen molar-refractivity contribution in [2.24, 2.45) is 0 Å². The van der Waals surface area contributed by atoms with Crippen LogP contribution in [0.3, 0.4) is 0 Å². The molecule has 0 radical (unpaired) electrons. The van der Waals surface area contributed by atoms with Crippen molar-refractivity contribution in [3.05, 3.63) is 95.1 Å². The van der Waals surface area contributed by atoms with E-state index in [1.807, 2.05) is 71.9 Å². The van der Waals surface area contributed by atoms with Gasteiger partial charge >= 0.3 is 0 Å². The topological polar surface area (TPSA) is 86.8 Å². The van der Waals surface area contributed by atoms with Gasteiger partial charge in [0, 0.05) is 12.6 Å². The number of rotatable bonds is 11. The molecule has 39 heavy (non-hydrogen) atoms. The molecule has 0 bridgehead atoms. The van der Waals surface area contributed by atoms with Crippen LogP contribution in [0.2, 0.25) is 0 Å². The Hall–Kier alpha value is -3.65. The fraction of sp³-hybridized carbons (Fsp3) is 0.355. The van der Waals surface area contributed by atoms with E-state index in [2.05, 4.69) is 5.32 Å². The van der Waals surface area contributed by atoms with Gasteiger partial charge in [0.25, 0.3) is 10.0 Å². The van der Waals surface area contributed by atoms with Crippen LogP contribution in [0.25, 0.3) is 0 Å². The molecule has 2 amide bonds. The Balaban J connectivity index is 2.08. The lowest BCUT2D eigenvalue weighted by Gasteiger charge is -2.33. The fourth-order valence-corrected chi connectivity index (χ4v) is 5.86. The normalized spacial score (nSPS) is 12.2. The van der Waals surface area contributed by atoms with Crippen molar-refractivity contribution >= 4 is 27.5 Å². The number of carbonyl (C=O) groups excluding carboxylic acids is 2. The maximum atomic E-state index is 14.1. The van der Waals surface area contributed by atoms with Crippen molar-refractivity contribution in [1.29, 1.82) is 0 Å². The Morgan fingerprint density at radius 2 is 1.56 bits per heavy atom. The average Bonchev–Trinajstić information content (AvgIpc) is 2.88. The molecule has 0 saturated heterocycles. The summed E-state index contributed by atoms with van der Waals surface area (Å²) in [4.78, 5) is 28.9. The predicted molar refractivity (Wildman–Crippen MR) is 156 cm³/mol. The molecule has 0 heterocycles. The molecule has 3 rings (SSSR count). The summed E-state index contributed by atoms with van der Waals surface area (Å²) < 4.78 is 28.9. The zero-order chi connectivity index (χ0) is 28.7. The van der Waals surface area contributed by atoms with E-state index in [1.165, 1.54) is 17.0 Å². The standard InChI is InChI=1S/C31H39N3O4S/c1-7-29(31(36)32-22(2)3)33(20-26-13-11-12-23(4)18-26)30(35)21-34(27-17-16-24(5)25(6)19-27)39(37,38)28-14-9-8-10-15-28/h8-19,22,29H,7,20-21H2,1-6H3,(H,32,36)/t29-/m1/s1. The molecular weight excluding hydrogens is 510 g/mol. The maximum Gasteiger partial charge on any atom is 0.264 e. The second kappa shape index (κ2) is 12.9. The van der Waals surface area contributed by atoms with Gasteiger partial charge < -0.3 is 10.2 Å². The number of amides is 2. The van der Waals surface area contributed by atoms with Crippen LogP contribution in [0.1, 0.15) is 49.4 Å². The maximum absolute atomic E-state index is 14.1. The monoisotopic (exact) mass is 549 g/mol. The van der Waals surface area contributed by atoms with Crippen molar-refractivity contribution < 1.29 is 18.0 Å². The van der Waals surface area contributed by atoms with Crippen molar-refractivity contribution in [2.75, 3.05) is 10.8 Å². The molecular formula is C31H39N3O4S. The smallest absolute Gasteiger partial charge is 0.264 e. The van der Waals surface area contributed by atoms with Gasteiger partial charge in [0.15, 0.2) is 0 Å². The minimum atomic E-state index is -4.08. The number of nitrogens with one attached hydrogen (secondary N) is 1. The van der Waals surface area contributed by atoms with E-state index in [1.54, 1.807) is 30.3 Å². The van der Waals surface area contributed by atoms with Crippen LogP contribution in [-0.4, -0.2) is 43.8 Å². The molecule has 1 N–H and O–H groups in total. The van der Waals surface area contributed by atoms with Crippen LogP contribution >= 0.6 is 0 Å². The van der Waals surface area contributed by atoms with Gasteiger partial charge in [-0.2, -0.15) is 0 Å². The molecule has 3 aromatic carbocycles. The van der Waals surface area contributed by atoms with Gasteiger partial charge in [0.05, 0.1) is 10.6 Å². The second-order valence-corrected chi connectivity index (χ2v) is 12.1. The molecule has 7 nitrogen and oxygen atoms in total. The zero-order valence-electron chi connectivity index (χ0n) is 23.6. The van der Waals surface area contributed by atoms with Crippen LogP contribution < -0.4 is 9.62 Å². The van der Waals surface area contributed by atoms with Gasteiger partial charge in [-0.05, 0) is 82.0 Å². The fourth-order valence-electron chi connectivity index (χ4n) is 4.44. The molecule has 8 heteroatoms. The molecule has 0 saturated carbocycles. The molecule has 1 atom stereocenters. The van der Waals surface area contributed by atoms with Crippen LogP contribution in [0.5, 0.6) is 0 Å². The number of aryl methyl sites for hydroxylation is 3. The first kappa shape index (κ1) is 29.9. The lowest BCUT2D eigenvalue weighted by atomic mass is 10.1. The second-order valence-electron chi connectivity index (χ2n) is 10.2. The SMILES string of the molecule is CC[C@H](C(=O)NC(C)C)N(Cc1cccc(C)c1)C(=O)CN(c1ccc(C)c(C)c1)S(=O)(=O)c1ccccc1. The Labute approximate surface area is 232 Å². The summed E-state index contributed by atoms with van der Waals surface area (Å²) in [6, 6.07) is 20.3. The summed E-state index contributed by atoms with van der Waals surface area (Å²) >= 11 is 0. The molecule has 0 spiro atoms. The molecule has 0 fully saturated rings. The summed E-state index contributed by atoms with van der Waals surface area (Å²) in [5.41, 5.74) is 4.21. The van der Waals surface area contributed by atoms with Gasteiger partial charge in [0.2, 0.25) is 11.8 Å². The van der Waals surface area contributed by atoms with E-state index in [0.717, 1.165) is 26.6 Å². The van der Waals surface area contributed by atoms with E-state index in [4.69, 9.17) is 0 Å². The van der Waals surface area contributed by atoms with Crippen molar-refractivity contribution in [3.63, 3.8) is 0 Å². The number of carbonyl (C=O) groups is 2. The first-order valence-electron chi connectivity index (χ1n) is 13.2. The highest BCUT2D eigenvalue weighted by Gasteiger charge is 2.33. The molecule has 3 aromatic rings. The summed E-state index contributed by atoms with van der Waals surface area (Å²) in [5.74, 6) is -0.725. The third-order valence-corrected chi connectivity index (χ3v) is 8.43. The third kappa shape index (κ3) is 7.47. The Morgan fingerprint density at radius 1 is 0.872 bits per heavy atom. The number of nitrogens with zero attached hydrogens (tertiary/aromatic N) is 2. The van der Waals surface area contributed by atoms with Crippen LogP contribution in [0, 0.1) is 20.8 Å². The third-order valence-electron chi connectivity index (χ3n) is 6.64. The van der Waals surface area contributed by atoms with E-state index >= 15 is 0 Å². The first-order valence-corrected chi connectivity index (χ1v) is 14.7. The largest absolute Gasteiger partial charge is 0.352 e. The van der Waals surface area contributed by atoms with Gasteiger partial charge in [-0.1, -0.05) is 61.0 Å². The van der Waals surface area contributed by atoms with E-state index in [0.29, 0.717) is 12.1 Å². The Kier molecular flexibility index (Phi) is 9.92. The zero-order valence-corrected chi connectivity index (χ0v) is 24.5. The quantitative estimate of drug-likeness (QED) is 0.359. The summed E-state index contributed by atoms with van der Waals surface area (Å²) in [7, 11) is -4.08. The van der Waals surface area contributed by atoms with Crippen molar-refractivity contribution in [1.82, 2.24) is 10.2 Å². The van der Waals surface area contributed by atoms with Gasteiger partial charge in [-0.25, -0.2) is 8.42 Å². The number of benzene rings is 3. The first-order chi connectivity index (χ1) is 18.4. The molecule has 0 aliphatic rings. The molecule has 208 valence electrons. The van der Waals surface area contributed by atoms with E-state index in [9.17, 15) is 18.0 Å². The summed E-state index contributed by atoms with van der Waals surface area (Å²) in [6.45, 7) is 11.1. The highest BCUT2D eigenvalue weighted by molar-refractivity contribution is 7.92. The van der Waals surface area contributed by atoms with E-state index < -0.39 is 28.5 Å². The lowest BCUT2D eigenvalue weighted by Crippen LogP contribution is -2.53. The Morgan fingerprint density at radius 3 is 2.15 bits per heavy atom. The molecule has 0 aromatic heterocycles. The van der Waals surface area contributed by atoms with Gasteiger partial charge in [-0.15, -0.1) is 0 Å². The number of hydrogen-bond acceptors (Lipinski definition) is 4. The highest BCUT2D eigenvalue weighted by Crippen LogP contribution is 2.26. The number of hydrogen-bond donors (Lipinski definition) is 1. The van der Waals surface area contributed by atoms with Crippen LogP contribution in [-0.2, 0) is 26.2 Å². The van der Waals surface area contributed by atoms with Crippen LogP contribution in [0.4, 0.5) is 5.69 Å². The van der Waals surface area contributed by atoms with Crippen molar-refractivity contribution in [2.45, 2.75) is 71.5 Å². The predicted octanol–water partition coefficient (Wildman–Crippen LogP) is 5.14. The Bertz CT molecular complexity index is 1400. The number of anilines is 1. The number of sulfonamides is 1.